The Morgan fingerprint density at radius 1 is 0.971 bits per heavy atom. The largest absolute Gasteiger partial charge is 0.481 e. The number of nitrogens with one attached hydrogen (secondary N) is 1. The van der Waals surface area contributed by atoms with Crippen LogP contribution in [0.4, 0.5) is 15.8 Å². The van der Waals surface area contributed by atoms with E-state index in [1.54, 1.807) is 41.3 Å². The van der Waals surface area contributed by atoms with Gasteiger partial charge in [-0.25, -0.2) is 4.39 Å². The van der Waals surface area contributed by atoms with Gasteiger partial charge in [0.15, 0.2) is 0 Å². The molecule has 0 saturated carbocycles. The van der Waals surface area contributed by atoms with Gasteiger partial charge in [0.05, 0.1) is 23.1 Å². The number of rotatable bonds is 5. The predicted molar refractivity (Wildman–Crippen MR) is 127 cm³/mol. The van der Waals surface area contributed by atoms with E-state index in [-0.39, 0.29) is 11.7 Å². The molecule has 2 aromatic carbocycles. The Hall–Kier alpha value is -3.68. The molecule has 2 aliphatic rings. The molecule has 2 amide bonds. The van der Waals surface area contributed by atoms with Gasteiger partial charge in [-0.15, -0.1) is 0 Å². The number of halogens is 1. The molecule has 178 valence electrons. The monoisotopic (exact) mass is 465 g/mol. The van der Waals surface area contributed by atoms with Crippen LogP contribution in [0.3, 0.4) is 0 Å². The fourth-order valence-electron chi connectivity index (χ4n) is 4.61. The van der Waals surface area contributed by atoms with E-state index in [1.165, 1.54) is 12.1 Å². The second kappa shape index (κ2) is 10.1. The molecule has 2 atom stereocenters. The molecule has 1 aliphatic heterocycles. The lowest BCUT2D eigenvalue weighted by molar-refractivity contribution is -0.146. The summed E-state index contributed by atoms with van der Waals surface area (Å²) in [7, 11) is 0. The molecule has 1 heterocycles. The summed E-state index contributed by atoms with van der Waals surface area (Å²) in [6, 6.07) is 13.1. The second-order valence-corrected chi connectivity index (χ2v) is 8.83. The van der Waals surface area contributed by atoms with Crippen molar-refractivity contribution in [1.82, 2.24) is 4.90 Å². The first-order valence-corrected chi connectivity index (χ1v) is 11.4. The van der Waals surface area contributed by atoms with Crippen LogP contribution in [0.15, 0.2) is 60.2 Å². The number of carboxylic acids is 1. The first-order valence-electron chi connectivity index (χ1n) is 11.4. The summed E-state index contributed by atoms with van der Waals surface area (Å²) in [5, 5.41) is 12.4. The first-order chi connectivity index (χ1) is 16.3. The Kier molecular flexibility index (Phi) is 6.95. The van der Waals surface area contributed by atoms with E-state index in [4.69, 9.17) is 0 Å². The van der Waals surface area contributed by atoms with Crippen molar-refractivity contribution in [3.63, 3.8) is 0 Å². The highest BCUT2D eigenvalue weighted by Crippen LogP contribution is 2.31. The van der Waals surface area contributed by atoms with Crippen molar-refractivity contribution in [2.45, 2.75) is 19.8 Å². The van der Waals surface area contributed by atoms with Crippen LogP contribution in [0, 0.1) is 17.7 Å². The molecule has 1 fully saturated rings. The average molecular weight is 466 g/mol. The van der Waals surface area contributed by atoms with Crippen LogP contribution >= 0.6 is 0 Å². The highest BCUT2D eigenvalue weighted by molar-refractivity contribution is 6.05. The maximum absolute atomic E-state index is 13.3. The van der Waals surface area contributed by atoms with Gasteiger partial charge in [-0.1, -0.05) is 23.8 Å². The van der Waals surface area contributed by atoms with E-state index in [9.17, 15) is 23.9 Å². The lowest BCUT2D eigenvalue weighted by Gasteiger charge is -2.36. The van der Waals surface area contributed by atoms with Crippen molar-refractivity contribution in [3.05, 3.63) is 71.6 Å². The maximum Gasteiger partial charge on any atom is 0.307 e. The topological polar surface area (TPSA) is 90.0 Å². The summed E-state index contributed by atoms with van der Waals surface area (Å²) in [4.78, 5) is 41.8. The third kappa shape index (κ3) is 5.11. The lowest BCUT2D eigenvalue weighted by Crippen LogP contribution is -2.49. The van der Waals surface area contributed by atoms with Crippen LogP contribution in [0.25, 0.3) is 0 Å². The fraction of sp³-hybridized carbons (Fsp3) is 0.346. The molecule has 8 heteroatoms. The molecule has 2 aromatic rings. The fourth-order valence-corrected chi connectivity index (χ4v) is 4.61. The minimum atomic E-state index is -0.990. The SMILES string of the molecule is CC1=CC[C@H](C(=O)Nc2ccccc2C(=O)N2CCN(c3ccc(F)cc3)CC2)[C@H](C(=O)O)C1. The van der Waals surface area contributed by atoms with Crippen LogP contribution in [-0.4, -0.2) is 54.0 Å². The zero-order valence-electron chi connectivity index (χ0n) is 19.0. The smallest absolute Gasteiger partial charge is 0.307 e. The van der Waals surface area contributed by atoms with Crippen LogP contribution in [0.1, 0.15) is 30.1 Å². The highest BCUT2D eigenvalue weighted by atomic mass is 19.1. The molecule has 0 radical (unpaired) electrons. The van der Waals surface area contributed by atoms with E-state index in [1.807, 2.05) is 13.0 Å². The van der Waals surface area contributed by atoms with E-state index >= 15 is 0 Å². The minimum Gasteiger partial charge on any atom is -0.481 e. The van der Waals surface area contributed by atoms with Gasteiger partial charge in [0.25, 0.3) is 5.91 Å². The third-order valence-electron chi connectivity index (χ3n) is 6.58. The number of hydrogen-bond donors (Lipinski definition) is 2. The van der Waals surface area contributed by atoms with Gasteiger partial charge < -0.3 is 20.2 Å². The van der Waals surface area contributed by atoms with Gasteiger partial charge >= 0.3 is 5.97 Å². The number of nitrogens with zero attached hydrogens (tertiary/aromatic N) is 2. The van der Waals surface area contributed by atoms with Crippen LogP contribution in [0.5, 0.6) is 0 Å². The zero-order chi connectivity index (χ0) is 24.2. The number of benzene rings is 2. The number of anilines is 2. The molecule has 0 unspecified atom stereocenters. The second-order valence-electron chi connectivity index (χ2n) is 8.83. The molecule has 0 bridgehead atoms. The summed E-state index contributed by atoms with van der Waals surface area (Å²) < 4.78 is 13.2. The van der Waals surface area contributed by atoms with Crippen LogP contribution in [0.2, 0.25) is 0 Å². The summed E-state index contributed by atoms with van der Waals surface area (Å²) in [5.41, 5.74) is 2.63. The number of allylic oxidation sites excluding steroid dienone is 2. The Morgan fingerprint density at radius 2 is 1.65 bits per heavy atom. The van der Waals surface area contributed by atoms with Gasteiger partial charge in [-0.2, -0.15) is 0 Å². The molecular formula is C26H28FN3O4. The summed E-state index contributed by atoms with van der Waals surface area (Å²) >= 11 is 0. The minimum absolute atomic E-state index is 0.191. The number of amides is 2. The van der Waals surface area contributed by atoms with Crippen molar-refractivity contribution >= 4 is 29.2 Å². The summed E-state index contributed by atoms with van der Waals surface area (Å²) in [6.45, 7) is 4.08. The molecular weight excluding hydrogens is 437 g/mol. The first kappa shape index (κ1) is 23.5. The zero-order valence-corrected chi connectivity index (χ0v) is 19.0. The molecule has 34 heavy (non-hydrogen) atoms. The number of para-hydroxylation sites is 1. The molecule has 4 rings (SSSR count). The Labute approximate surface area is 197 Å². The summed E-state index contributed by atoms with van der Waals surface area (Å²) in [5.74, 6) is -3.33. The molecule has 7 nitrogen and oxygen atoms in total. The van der Waals surface area contributed by atoms with Crippen molar-refractivity contribution in [2.75, 3.05) is 36.4 Å². The van der Waals surface area contributed by atoms with Crippen molar-refractivity contribution in [3.8, 4) is 0 Å². The average Bonchev–Trinajstić information content (AvgIpc) is 2.84. The Balaban J connectivity index is 1.44. The van der Waals surface area contributed by atoms with Crippen LogP contribution < -0.4 is 10.2 Å². The quantitative estimate of drug-likeness (QED) is 0.656. The number of carbonyl (C=O) groups is 3. The van der Waals surface area contributed by atoms with Crippen molar-refractivity contribution in [2.24, 2.45) is 11.8 Å². The number of aliphatic carboxylic acids is 1. The van der Waals surface area contributed by atoms with E-state index in [2.05, 4.69) is 10.2 Å². The van der Waals surface area contributed by atoms with Gasteiger partial charge in [-0.05, 0) is 56.2 Å². The van der Waals surface area contributed by atoms with Crippen molar-refractivity contribution < 1.29 is 23.9 Å². The Bertz CT molecular complexity index is 1110. The lowest BCUT2D eigenvalue weighted by atomic mass is 9.79. The van der Waals surface area contributed by atoms with Gasteiger partial charge in [0, 0.05) is 31.9 Å². The van der Waals surface area contributed by atoms with Crippen LogP contribution in [-0.2, 0) is 9.59 Å². The number of carboxylic acid groups (broad SMARTS) is 1. The van der Waals surface area contributed by atoms with Gasteiger partial charge in [0.1, 0.15) is 5.82 Å². The number of hydrogen-bond acceptors (Lipinski definition) is 4. The molecule has 0 spiro atoms. The van der Waals surface area contributed by atoms with Gasteiger partial charge in [0.2, 0.25) is 5.91 Å². The van der Waals surface area contributed by atoms with E-state index in [0.29, 0.717) is 50.3 Å². The molecule has 2 N–H and O–H groups in total. The molecule has 0 aromatic heterocycles. The number of carbonyl (C=O) groups excluding carboxylic acids is 2. The standard InChI is InChI=1S/C26H28FN3O4/c1-17-6-11-20(22(16-17)26(33)34)24(31)28-23-5-3-2-4-21(23)25(32)30-14-12-29(13-15-30)19-9-7-18(27)8-10-19/h2-10,20,22H,11-16H2,1H3,(H,28,31)(H,33,34)/t20-,22+/m0/s1. The number of piperazine rings is 1. The highest BCUT2D eigenvalue weighted by Gasteiger charge is 2.36. The summed E-state index contributed by atoms with van der Waals surface area (Å²) in [6.07, 6.45) is 2.60. The third-order valence-corrected chi connectivity index (χ3v) is 6.58. The van der Waals surface area contributed by atoms with E-state index < -0.39 is 23.7 Å². The normalized spacial score (nSPS) is 20.5. The van der Waals surface area contributed by atoms with Crippen molar-refractivity contribution in [1.29, 1.82) is 0 Å². The maximum atomic E-state index is 13.3. The molecule has 1 saturated heterocycles. The van der Waals surface area contributed by atoms with E-state index in [0.717, 1.165) is 11.3 Å². The predicted octanol–water partition coefficient (Wildman–Crippen LogP) is 3.78. The van der Waals surface area contributed by atoms with Gasteiger partial charge in [-0.3, -0.25) is 14.4 Å². The Morgan fingerprint density at radius 3 is 2.32 bits per heavy atom. The molecule has 1 aliphatic carbocycles.